The Morgan fingerprint density at radius 1 is 0.905 bits per heavy atom. The lowest BCUT2D eigenvalue weighted by atomic mass is 9.93. The van der Waals surface area contributed by atoms with E-state index in [9.17, 15) is 18.0 Å². The quantitative estimate of drug-likeness (QED) is 0.246. The first kappa shape index (κ1) is 27.7. The van der Waals surface area contributed by atoms with Crippen LogP contribution in [-0.2, 0) is 21.9 Å². The van der Waals surface area contributed by atoms with Crippen molar-refractivity contribution in [2.24, 2.45) is 7.05 Å². The van der Waals surface area contributed by atoms with Gasteiger partial charge in [0.05, 0.1) is 16.6 Å². The second kappa shape index (κ2) is 10.8. The van der Waals surface area contributed by atoms with E-state index in [2.05, 4.69) is 27.0 Å². The van der Waals surface area contributed by atoms with E-state index in [1.165, 1.54) is 29.2 Å². The van der Waals surface area contributed by atoms with E-state index >= 15 is 0 Å². The van der Waals surface area contributed by atoms with Gasteiger partial charge in [0.25, 0.3) is 21.8 Å². The van der Waals surface area contributed by atoms with Gasteiger partial charge in [-0.1, -0.05) is 77.8 Å². The molecule has 0 saturated heterocycles. The predicted molar refractivity (Wildman–Crippen MR) is 162 cm³/mol. The van der Waals surface area contributed by atoms with Gasteiger partial charge in [0.15, 0.2) is 0 Å². The van der Waals surface area contributed by atoms with Crippen molar-refractivity contribution in [1.29, 1.82) is 0 Å². The predicted octanol–water partition coefficient (Wildman–Crippen LogP) is 5.36. The van der Waals surface area contributed by atoms with Crippen LogP contribution in [0.4, 0.5) is 0 Å². The minimum atomic E-state index is -4.06. The van der Waals surface area contributed by atoms with E-state index in [-0.39, 0.29) is 17.3 Å². The molecule has 1 unspecified atom stereocenters. The van der Waals surface area contributed by atoms with Gasteiger partial charge in [-0.15, -0.1) is 4.83 Å². The second-order valence-electron chi connectivity index (χ2n) is 10.2. The standard InChI is InChI=1S/C32H27ClN4O4S/c1-20-11-13-21(14-12-20)30-29(26-9-5-6-10-27(26)36(30)2)31-24-7-3-4-8-25(24)32(39)37(31)19-28(38)34-35-42(40,41)23-17-15-22(33)16-18-23/h3-18,31,35H,19H2,1-2H3,(H,34,38). The van der Waals surface area contributed by atoms with Crippen molar-refractivity contribution in [1.82, 2.24) is 19.7 Å². The average molecular weight is 599 g/mol. The number of nitrogens with one attached hydrogen (secondary N) is 2. The van der Waals surface area contributed by atoms with Gasteiger partial charge in [-0.05, 0) is 54.4 Å². The number of rotatable bonds is 7. The zero-order chi connectivity index (χ0) is 29.6. The highest BCUT2D eigenvalue weighted by molar-refractivity contribution is 7.89. The van der Waals surface area contributed by atoms with E-state index < -0.39 is 22.0 Å². The molecule has 1 aliphatic heterocycles. The molecule has 0 spiro atoms. The van der Waals surface area contributed by atoms with Gasteiger partial charge in [0.2, 0.25) is 0 Å². The number of carbonyl (C=O) groups excluding carboxylic acids is 2. The maximum Gasteiger partial charge on any atom is 0.257 e. The lowest BCUT2D eigenvalue weighted by molar-refractivity contribution is -0.122. The van der Waals surface area contributed by atoms with Crippen molar-refractivity contribution < 1.29 is 18.0 Å². The van der Waals surface area contributed by atoms with Crippen LogP contribution in [0.25, 0.3) is 22.2 Å². The summed E-state index contributed by atoms with van der Waals surface area (Å²) in [6, 6.07) is 28.5. The number of para-hydroxylation sites is 1. The number of sulfonamides is 1. The molecule has 0 fully saturated rings. The van der Waals surface area contributed by atoms with Crippen LogP contribution in [0.3, 0.4) is 0 Å². The second-order valence-corrected chi connectivity index (χ2v) is 12.4. The number of aromatic nitrogens is 1. The molecule has 2 amide bonds. The molecule has 1 aliphatic rings. The van der Waals surface area contributed by atoms with E-state index in [0.29, 0.717) is 10.6 Å². The number of fused-ring (bicyclic) bond motifs is 2. The molecule has 10 heteroatoms. The molecule has 0 radical (unpaired) electrons. The van der Waals surface area contributed by atoms with Crippen molar-refractivity contribution in [3.8, 4) is 11.3 Å². The van der Waals surface area contributed by atoms with Crippen molar-refractivity contribution >= 4 is 44.3 Å². The van der Waals surface area contributed by atoms with Gasteiger partial charge in [0.1, 0.15) is 6.54 Å². The number of amides is 2. The number of benzene rings is 4. The Morgan fingerprint density at radius 3 is 2.31 bits per heavy atom. The zero-order valence-corrected chi connectivity index (χ0v) is 24.4. The molecule has 2 N–H and O–H groups in total. The molecular formula is C32H27ClN4O4S. The summed E-state index contributed by atoms with van der Waals surface area (Å²) in [5.74, 6) is -0.995. The summed E-state index contributed by atoms with van der Waals surface area (Å²) in [5, 5.41) is 1.34. The molecule has 1 atom stereocenters. The molecule has 42 heavy (non-hydrogen) atoms. The Labute approximate surface area is 248 Å². The summed E-state index contributed by atoms with van der Waals surface area (Å²) in [5.41, 5.74) is 8.46. The van der Waals surface area contributed by atoms with Gasteiger partial charge in [0, 0.05) is 34.1 Å². The maximum atomic E-state index is 13.8. The highest BCUT2D eigenvalue weighted by atomic mass is 35.5. The molecule has 1 aromatic heterocycles. The average Bonchev–Trinajstić information content (AvgIpc) is 3.43. The summed E-state index contributed by atoms with van der Waals surface area (Å²) in [4.78, 5) is 30.6. The van der Waals surface area contributed by atoms with Gasteiger partial charge >= 0.3 is 0 Å². The Balaban J connectivity index is 1.40. The summed E-state index contributed by atoms with van der Waals surface area (Å²) >= 11 is 5.87. The SMILES string of the molecule is Cc1ccc(-c2c(C3c4ccccc4C(=O)N3CC(=O)NNS(=O)(=O)c3ccc(Cl)cc3)c3ccccc3n2C)cc1. The summed E-state index contributed by atoms with van der Waals surface area (Å²) in [6.45, 7) is 1.65. The normalized spacial score (nSPS) is 14.8. The Hall–Kier alpha value is -4.44. The zero-order valence-electron chi connectivity index (χ0n) is 22.8. The third kappa shape index (κ3) is 4.85. The summed E-state index contributed by atoms with van der Waals surface area (Å²) in [7, 11) is -2.07. The minimum absolute atomic E-state index is 0.0618. The molecule has 8 nitrogen and oxygen atoms in total. The highest BCUT2D eigenvalue weighted by Crippen LogP contribution is 2.46. The molecule has 212 valence electrons. The van der Waals surface area contributed by atoms with Crippen molar-refractivity contribution in [3.63, 3.8) is 0 Å². The van der Waals surface area contributed by atoms with Crippen molar-refractivity contribution in [3.05, 3.63) is 124 Å². The molecule has 4 aromatic carbocycles. The smallest absolute Gasteiger partial charge is 0.257 e. The van der Waals surface area contributed by atoms with E-state index in [1.807, 2.05) is 62.5 Å². The maximum absolute atomic E-state index is 13.8. The third-order valence-electron chi connectivity index (χ3n) is 7.57. The molecule has 6 rings (SSSR count). The molecule has 5 aromatic rings. The third-order valence-corrected chi connectivity index (χ3v) is 9.08. The largest absolute Gasteiger partial charge is 0.343 e. The van der Waals surface area contributed by atoms with Crippen LogP contribution in [0.1, 0.15) is 33.1 Å². The summed E-state index contributed by atoms with van der Waals surface area (Å²) in [6.07, 6.45) is 0. The first-order valence-corrected chi connectivity index (χ1v) is 15.1. The Bertz CT molecular complexity index is 1950. The molecule has 2 heterocycles. The number of carbonyl (C=O) groups is 2. The molecule has 0 aliphatic carbocycles. The van der Waals surface area contributed by atoms with Gasteiger partial charge in [-0.2, -0.15) is 0 Å². The first-order valence-electron chi connectivity index (χ1n) is 13.3. The number of aryl methyl sites for hydroxylation is 2. The number of hydrazine groups is 1. The van der Waals surface area contributed by atoms with Gasteiger partial charge < -0.3 is 9.47 Å². The van der Waals surface area contributed by atoms with Crippen LogP contribution in [0.2, 0.25) is 5.02 Å². The number of hydrogen-bond acceptors (Lipinski definition) is 4. The van der Waals surface area contributed by atoms with E-state index in [1.54, 1.807) is 12.1 Å². The molecular weight excluding hydrogens is 572 g/mol. The van der Waals surface area contributed by atoms with Crippen LogP contribution >= 0.6 is 11.6 Å². The lowest BCUT2D eigenvalue weighted by Gasteiger charge is -2.26. The van der Waals surface area contributed by atoms with Crippen LogP contribution in [0.15, 0.2) is 102 Å². The van der Waals surface area contributed by atoms with Crippen LogP contribution in [0, 0.1) is 6.92 Å². The first-order chi connectivity index (χ1) is 20.2. The number of hydrogen-bond donors (Lipinski definition) is 2. The monoisotopic (exact) mass is 598 g/mol. The minimum Gasteiger partial charge on any atom is -0.343 e. The highest BCUT2D eigenvalue weighted by Gasteiger charge is 2.41. The van der Waals surface area contributed by atoms with Crippen LogP contribution in [-0.4, -0.2) is 36.2 Å². The van der Waals surface area contributed by atoms with Gasteiger partial charge in [-0.3, -0.25) is 15.0 Å². The van der Waals surface area contributed by atoms with Crippen molar-refractivity contribution in [2.75, 3.05) is 6.54 Å². The van der Waals surface area contributed by atoms with Crippen LogP contribution in [0.5, 0.6) is 0 Å². The fraction of sp³-hybridized carbons (Fsp3) is 0.125. The lowest BCUT2D eigenvalue weighted by Crippen LogP contribution is -2.47. The molecule has 0 bridgehead atoms. The Kier molecular flexibility index (Phi) is 7.10. The van der Waals surface area contributed by atoms with Crippen molar-refractivity contribution in [2.45, 2.75) is 17.9 Å². The van der Waals surface area contributed by atoms with E-state index in [0.717, 1.165) is 38.9 Å². The number of halogens is 1. The topological polar surface area (TPSA) is 101 Å². The molecule has 0 saturated carbocycles. The number of nitrogens with zero attached hydrogens (tertiary/aromatic N) is 2. The fourth-order valence-corrected chi connectivity index (χ4v) is 6.58. The van der Waals surface area contributed by atoms with E-state index in [4.69, 9.17) is 11.6 Å². The van der Waals surface area contributed by atoms with Crippen LogP contribution < -0.4 is 10.3 Å². The van der Waals surface area contributed by atoms with Gasteiger partial charge in [-0.25, -0.2) is 8.42 Å². The Morgan fingerprint density at radius 2 is 1.57 bits per heavy atom. The fourth-order valence-electron chi connectivity index (χ4n) is 5.60. The summed E-state index contributed by atoms with van der Waals surface area (Å²) < 4.78 is 27.6.